The van der Waals surface area contributed by atoms with Crippen molar-refractivity contribution in [3.8, 4) is 11.1 Å². The van der Waals surface area contributed by atoms with Crippen LogP contribution in [0.4, 0.5) is 4.79 Å². The molecule has 2 heterocycles. The van der Waals surface area contributed by atoms with E-state index >= 15 is 0 Å². The van der Waals surface area contributed by atoms with Crippen LogP contribution in [0.5, 0.6) is 0 Å². The molecule has 1 saturated carbocycles. The minimum absolute atomic E-state index is 0.0518. The van der Waals surface area contributed by atoms with Gasteiger partial charge >= 0.3 is 6.09 Å². The van der Waals surface area contributed by atoms with Crippen molar-refractivity contribution in [2.75, 3.05) is 19.3 Å². The summed E-state index contributed by atoms with van der Waals surface area (Å²) >= 11 is 1.58. The van der Waals surface area contributed by atoms with E-state index in [0.717, 1.165) is 35.5 Å². The van der Waals surface area contributed by atoms with Crippen LogP contribution in [-0.4, -0.2) is 34.9 Å². The van der Waals surface area contributed by atoms with Gasteiger partial charge in [0.2, 0.25) is 0 Å². The van der Waals surface area contributed by atoms with E-state index in [1.807, 2.05) is 41.5 Å². The monoisotopic (exact) mass is 412 g/mol. The Morgan fingerprint density at radius 1 is 1.14 bits per heavy atom. The molecule has 1 aromatic heterocycles. The minimum atomic E-state index is -0.305. The van der Waals surface area contributed by atoms with E-state index in [0.29, 0.717) is 5.41 Å². The van der Waals surface area contributed by atoms with E-state index in [1.165, 1.54) is 36.7 Å². The number of hydrogen-bond donors (Lipinski definition) is 0. The largest absolute Gasteiger partial charge is 0.428 e. The SMILES string of the molecule is CSc1cn(COC(=O)N2CCCC3(CCCC3)C2)c(=O)cc1-c1ccccc1. The van der Waals surface area contributed by atoms with Crippen LogP contribution in [-0.2, 0) is 11.5 Å². The molecule has 2 fully saturated rings. The number of thioether (sulfide) groups is 1. The maximum absolute atomic E-state index is 12.6. The summed E-state index contributed by atoms with van der Waals surface area (Å²) < 4.78 is 7.01. The van der Waals surface area contributed by atoms with Crippen molar-refractivity contribution in [2.24, 2.45) is 5.41 Å². The van der Waals surface area contributed by atoms with Crippen LogP contribution >= 0.6 is 11.8 Å². The van der Waals surface area contributed by atoms with Gasteiger partial charge in [-0.2, -0.15) is 0 Å². The lowest BCUT2D eigenvalue weighted by Crippen LogP contribution is -2.45. The summed E-state index contributed by atoms with van der Waals surface area (Å²) in [5.41, 5.74) is 2.05. The summed E-state index contributed by atoms with van der Waals surface area (Å²) in [6, 6.07) is 11.5. The van der Waals surface area contributed by atoms with Crippen LogP contribution in [0.2, 0.25) is 0 Å². The molecule has 154 valence electrons. The Bertz CT molecular complexity index is 919. The number of benzene rings is 1. The summed E-state index contributed by atoms with van der Waals surface area (Å²) in [5.74, 6) is 0. The van der Waals surface area contributed by atoms with Crippen molar-refractivity contribution in [2.45, 2.75) is 50.2 Å². The molecule has 1 saturated heterocycles. The zero-order valence-corrected chi connectivity index (χ0v) is 17.7. The Hall–Kier alpha value is -2.21. The summed E-state index contributed by atoms with van der Waals surface area (Å²) in [4.78, 5) is 28.1. The number of rotatable bonds is 4. The van der Waals surface area contributed by atoms with Gasteiger partial charge in [-0.1, -0.05) is 43.2 Å². The molecule has 2 aromatic rings. The first-order valence-corrected chi connectivity index (χ1v) is 11.6. The van der Waals surface area contributed by atoms with Crippen molar-refractivity contribution >= 4 is 17.9 Å². The van der Waals surface area contributed by atoms with Crippen LogP contribution in [0.1, 0.15) is 38.5 Å². The number of hydrogen-bond acceptors (Lipinski definition) is 4. The molecular formula is C23H28N2O3S. The highest BCUT2D eigenvalue weighted by Crippen LogP contribution is 2.44. The minimum Gasteiger partial charge on any atom is -0.428 e. The first kappa shape index (κ1) is 20.1. The van der Waals surface area contributed by atoms with E-state index in [9.17, 15) is 9.59 Å². The first-order valence-electron chi connectivity index (χ1n) is 10.4. The average Bonchev–Trinajstić information content (AvgIpc) is 3.20. The molecule has 5 nitrogen and oxygen atoms in total. The topological polar surface area (TPSA) is 51.5 Å². The smallest absolute Gasteiger partial charge is 0.411 e. The highest BCUT2D eigenvalue weighted by atomic mass is 32.2. The number of carbonyl (C=O) groups is 1. The van der Waals surface area contributed by atoms with E-state index in [4.69, 9.17) is 4.74 Å². The predicted molar refractivity (Wildman–Crippen MR) is 116 cm³/mol. The van der Waals surface area contributed by atoms with E-state index in [2.05, 4.69) is 0 Å². The molecule has 0 radical (unpaired) electrons. The molecule has 1 aromatic carbocycles. The number of piperidine rings is 1. The third-order valence-electron chi connectivity index (χ3n) is 6.31. The molecule has 1 aliphatic carbocycles. The van der Waals surface area contributed by atoms with Gasteiger partial charge in [-0.15, -0.1) is 11.8 Å². The van der Waals surface area contributed by atoms with E-state index < -0.39 is 0 Å². The zero-order valence-electron chi connectivity index (χ0n) is 16.9. The van der Waals surface area contributed by atoms with Crippen molar-refractivity contribution in [3.63, 3.8) is 0 Å². The van der Waals surface area contributed by atoms with Crippen LogP contribution in [0.3, 0.4) is 0 Å². The fourth-order valence-electron chi connectivity index (χ4n) is 4.77. The van der Waals surface area contributed by atoms with Crippen molar-refractivity contribution in [1.29, 1.82) is 0 Å². The van der Waals surface area contributed by atoms with Crippen LogP contribution < -0.4 is 5.56 Å². The number of ether oxygens (including phenoxy) is 1. The number of carbonyl (C=O) groups excluding carboxylic acids is 1. The van der Waals surface area contributed by atoms with Crippen molar-refractivity contribution in [1.82, 2.24) is 9.47 Å². The Kier molecular flexibility index (Phi) is 5.99. The van der Waals surface area contributed by atoms with Gasteiger partial charge in [0.05, 0.1) is 0 Å². The molecule has 6 heteroatoms. The number of amides is 1. The quantitative estimate of drug-likeness (QED) is 0.664. The first-order chi connectivity index (χ1) is 14.1. The fraction of sp³-hybridized carbons (Fsp3) is 0.478. The van der Waals surface area contributed by atoms with Gasteiger partial charge in [0.25, 0.3) is 5.56 Å². The third-order valence-corrected chi connectivity index (χ3v) is 7.07. The summed E-state index contributed by atoms with van der Waals surface area (Å²) in [6.45, 7) is 1.49. The lowest BCUT2D eigenvalue weighted by molar-refractivity contribution is 0.0401. The number of likely N-dealkylation sites (tertiary alicyclic amines) is 1. The number of aromatic nitrogens is 1. The highest BCUT2D eigenvalue weighted by molar-refractivity contribution is 7.98. The lowest BCUT2D eigenvalue weighted by atomic mass is 9.78. The van der Waals surface area contributed by atoms with Gasteiger partial charge in [-0.3, -0.25) is 9.36 Å². The van der Waals surface area contributed by atoms with E-state index in [1.54, 1.807) is 24.0 Å². The molecule has 2 aliphatic rings. The predicted octanol–water partition coefficient (Wildman–Crippen LogP) is 4.99. The van der Waals surface area contributed by atoms with Gasteiger partial charge in [-0.25, -0.2) is 4.79 Å². The maximum atomic E-state index is 12.6. The third kappa shape index (κ3) is 4.37. The molecule has 4 rings (SSSR count). The average molecular weight is 413 g/mol. The van der Waals surface area contributed by atoms with Gasteiger partial charge in [0.1, 0.15) is 0 Å². The molecule has 0 atom stereocenters. The molecule has 1 spiro atoms. The number of pyridine rings is 1. The van der Waals surface area contributed by atoms with Gasteiger partial charge in [0, 0.05) is 35.8 Å². The highest BCUT2D eigenvalue weighted by Gasteiger charge is 2.39. The number of nitrogens with zero attached hydrogens (tertiary/aromatic N) is 2. The van der Waals surface area contributed by atoms with Crippen molar-refractivity contribution in [3.05, 3.63) is 52.9 Å². The second-order valence-corrected chi connectivity index (χ2v) is 9.05. The van der Waals surface area contributed by atoms with E-state index in [-0.39, 0.29) is 18.4 Å². The molecule has 0 bridgehead atoms. The standard InChI is InChI=1S/C23H28N2O3S/c1-29-20-15-25(21(26)14-19(20)18-8-3-2-4-9-18)17-28-22(27)24-13-7-12-23(16-24)10-5-6-11-23/h2-4,8-9,14-15H,5-7,10-13,16-17H2,1H3. The lowest BCUT2D eigenvalue weighted by Gasteiger charge is -2.39. The van der Waals surface area contributed by atoms with Crippen molar-refractivity contribution < 1.29 is 9.53 Å². The molecule has 1 aliphatic heterocycles. The van der Waals surface area contributed by atoms with Gasteiger partial charge < -0.3 is 9.64 Å². The Morgan fingerprint density at radius 3 is 2.59 bits per heavy atom. The zero-order chi connectivity index (χ0) is 20.3. The molecular weight excluding hydrogens is 384 g/mol. The van der Waals surface area contributed by atoms with Crippen LogP contribution in [0.25, 0.3) is 11.1 Å². The Labute approximate surface area is 176 Å². The summed E-state index contributed by atoms with van der Waals surface area (Å²) in [6.07, 6.45) is 10.7. The second kappa shape index (κ2) is 8.66. The van der Waals surface area contributed by atoms with Crippen LogP contribution in [0.15, 0.2) is 52.3 Å². The Balaban J connectivity index is 1.45. The second-order valence-electron chi connectivity index (χ2n) is 8.20. The summed E-state index contributed by atoms with van der Waals surface area (Å²) in [7, 11) is 0. The maximum Gasteiger partial charge on any atom is 0.411 e. The van der Waals surface area contributed by atoms with Gasteiger partial charge in [-0.05, 0) is 42.9 Å². The molecule has 0 unspecified atom stereocenters. The molecule has 0 N–H and O–H groups in total. The normalized spacial score (nSPS) is 18.2. The molecule has 1 amide bonds. The Morgan fingerprint density at radius 2 is 1.86 bits per heavy atom. The van der Waals surface area contributed by atoms with Crippen LogP contribution in [0, 0.1) is 5.41 Å². The fourth-order valence-corrected chi connectivity index (χ4v) is 5.40. The molecule has 29 heavy (non-hydrogen) atoms. The van der Waals surface area contributed by atoms with Gasteiger partial charge in [0.15, 0.2) is 6.73 Å². The summed E-state index contributed by atoms with van der Waals surface area (Å²) in [5, 5.41) is 0.